The van der Waals surface area contributed by atoms with Crippen LogP contribution >= 0.6 is 15.9 Å². The molecule has 0 fully saturated rings. The van der Waals surface area contributed by atoms with Crippen molar-refractivity contribution < 1.29 is 0 Å². The summed E-state index contributed by atoms with van der Waals surface area (Å²) in [6.45, 7) is 5.91. The molecule has 1 N–H and O–H groups in total. The SMILES string of the molecule is CC.Cc1nc2nc(Br)ccc2[nH]1. The lowest BCUT2D eigenvalue weighted by atomic mass is 10.4. The maximum Gasteiger partial charge on any atom is 0.178 e. The standard InChI is InChI=1S/C7H6BrN3.C2H6/c1-4-9-5-2-3-6(8)11-7(5)10-4;1-2/h2-3H,1H3,(H,9,10,11);1-2H3. The molecule has 4 heteroatoms. The number of rotatable bonds is 0. The molecule has 0 saturated carbocycles. The number of hydrogen-bond donors (Lipinski definition) is 1. The summed E-state index contributed by atoms with van der Waals surface area (Å²) in [5.74, 6) is 0.894. The molecule has 13 heavy (non-hydrogen) atoms. The molecule has 0 atom stereocenters. The summed E-state index contributed by atoms with van der Waals surface area (Å²) >= 11 is 3.28. The van der Waals surface area contributed by atoms with Crippen molar-refractivity contribution in [1.82, 2.24) is 15.0 Å². The molecule has 0 radical (unpaired) electrons. The molecule has 0 saturated heterocycles. The van der Waals surface area contributed by atoms with Gasteiger partial charge in [0.15, 0.2) is 5.65 Å². The third-order valence-electron chi connectivity index (χ3n) is 1.43. The molecule has 70 valence electrons. The third kappa shape index (κ3) is 2.28. The van der Waals surface area contributed by atoms with Crippen LogP contribution in [0.15, 0.2) is 16.7 Å². The van der Waals surface area contributed by atoms with Crippen LogP contribution in [0.2, 0.25) is 0 Å². The van der Waals surface area contributed by atoms with Gasteiger partial charge in [0.25, 0.3) is 0 Å². The number of hydrogen-bond acceptors (Lipinski definition) is 2. The van der Waals surface area contributed by atoms with Crippen LogP contribution in [0.25, 0.3) is 11.2 Å². The average molecular weight is 242 g/mol. The smallest absolute Gasteiger partial charge is 0.178 e. The zero-order valence-corrected chi connectivity index (χ0v) is 9.51. The molecule has 2 heterocycles. The maximum atomic E-state index is 4.18. The van der Waals surface area contributed by atoms with Crippen LogP contribution in [0.1, 0.15) is 19.7 Å². The molecule has 0 spiro atoms. The fourth-order valence-corrected chi connectivity index (χ4v) is 1.29. The summed E-state index contributed by atoms with van der Waals surface area (Å²) in [5, 5.41) is 0. The van der Waals surface area contributed by atoms with Crippen molar-refractivity contribution in [1.29, 1.82) is 0 Å². The van der Waals surface area contributed by atoms with Crippen molar-refractivity contribution >= 4 is 27.1 Å². The van der Waals surface area contributed by atoms with Crippen molar-refractivity contribution in [2.24, 2.45) is 0 Å². The quantitative estimate of drug-likeness (QED) is 0.721. The van der Waals surface area contributed by atoms with E-state index in [4.69, 9.17) is 0 Å². The number of fused-ring (bicyclic) bond motifs is 1. The van der Waals surface area contributed by atoms with Gasteiger partial charge < -0.3 is 4.98 Å². The number of aromatic nitrogens is 3. The molecule has 0 aliphatic rings. The Hall–Kier alpha value is -0.900. The molecule has 0 aromatic carbocycles. The topological polar surface area (TPSA) is 41.6 Å². The van der Waals surface area contributed by atoms with E-state index in [1.54, 1.807) is 0 Å². The summed E-state index contributed by atoms with van der Waals surface area (Å²) in [6, 6.07) is 3.84. The van der Waals surface area contributed by atoms with E-state index in [0.717, 1.165) is 21.6 Å². The van der Waals surface area contributed by atoms with Crippen LogP contribution in [-0.4, -0.2) is 15.0 Å². The van der Waals surface area contributed by atoms with E-state index in [-0.39, 0.29) is 0 Å². The van der Waals surface area contributed by atoms with Gasteiger partial charge in [-0.05, 0) is 35.0 Å². The predicted octanol–water partition coefficient (Wildman–Crippen LogP) is 3.06. The first kappa shape index (κ1) is 10.2. The number of pyridine rings is 1. The highest BCUT2D eigenvalue weighted by Crippen LogP contribution is 2.12. The second-order valence-corrected chi connectivity index (χ2v) is 3.14. The van der Waals surface area contributed by atoms with E-state index in [2.05, 4.69) is 30.9 Å². The van der Waals surface area contributed by atoms with Gasteiger partial charge >= 0.3 is 0 Å². The summed E-state index contributed by atoms with van der Waals surface area (Å²) < 4.78 is 0.816. The number of nitrogens with one attached hydrogen (secondary N) is 1. The van der Waals surface area contributed by atoms with E-state index < -0.39 is 0 Å². The molecule has 0 amide bonds. The van der Waals surface area contributed by atoms with Gasteiger partial charge in [-0.15, -0.1) is 0 Å². The Morgan fingerprint density at radius 2 is 1.92 bits per heavy atom. The van der Waals surface area contributed by atoms with Gasteiger partial charge in [0.05, 0.1) is 5.52 Å². The first-order chi connectivity index (χ1) is 6.25. The predicted molar refractivity (Wildman–Crippen MR) is 57.7 cm³/mol. The number of imidazole rings is 1. The van der Waals surface area contributed by atoms with Crippen LogP contribution in [0.4, 0.5) is 0 Å². The number of aromatic amines is 1. The summed E-state index contributed by atoms with van der Waals surface area (Å²) in [5.41, 5.74) is 1.74. The monoisotopic (exact) mass is 241 g/mol. The number of aryl methyl sites for hydroxylation is 1. The van der Waals surface area contributed by atoms with E-state index in [0.29, 0.717) is 0 Å². The Morgan fingerprint density at radius 3 is 2.62 bits per heavy atom. The minimum Gasteiger partial charge on any atom is -0.341 e. The van der Waals surface area contributed by atoms with E-state index in [9.17, 15) is 0 Å². The second kappa shape index (κ2) is 4.37. The normalized spacial score (nSPS) is 9.54. The molecule has 2 aromatic heterocycles. The largest absolute Gasteiger partial charge is 0.341 e. The van der Waals surface area contributed by atoms with Gasteiger partial charge in [-0.1, -0.05) is 13.8 Å². The Kier molecular flexibility index (Phi) is 3.42. The zero-order chi connectivity index (χ0) is 9.84. The highest BCUT2D eigenvalue weighted by atomic mass is 79.9. The first-order valence-electron chi connectivity index (χ1n) is 4.24. The molecule has 2 aromatic rings. The summed E-state index contributed by atoms with van der Waals surface area (Å²) in [7, 11) is 0. The van der Waals surface area contributed by atoms with Crippen molar-refractivity contribution in [3.63, 3.8) is 0 Å². The Morgan fingerprint density at radius 1 is 1.23 bits per heavy atom. The lowest BCUT2D eigenvalue weighted by Gasteiger charge is -1.86. The maximum absolute atomic E-state index is 4.18. The zero-order valence-electron chi connectivity index (χ0n) is 7.93. The van der Waals surface area contributed by atoms with Crippen LogP contribution in [0.5, 0.6) is 0 Å². The van der Waals surface area contributed by atoms with Gasteiger partial charge in [0.2, 0.25) is 0 Å². The lowest BCUT2D eigenvalue weighted by Crippen LogP contribution is -1.76. The van der Waals surface area contributed by atoms with Gasteiger partial charge in [-0.25, -0.2) is 9.97 Å². The molecule has 2 rings (SSSR count). The molecule has 0 bridgehead atoms. The Balaban J connectivity index is 0.000000396. The highest BCUT2D eigenvalue weighted by molar-refractivity contribution is 9.10. The fraction of sp³-hybridized carbons (Fsp3) is 0.333. The first-order valence-corrected chi connectivity index (χ1v) is 5.04. The van der Waals surface area contributed by atoms with Crippen LogP contribution < -0.4 is 0 Å². The van der Waals surface area contributed by atoms with Gasteiger partial charge in [0, 0.05) is 0 Å². The van der Waals surface area contributed by atoms with Gasteiger partial charge in [0.1, 0.15) is 10.4 Å². The number of halogens is 1. The van der Waals surface area contributed by atoms with Crippen molar-refractivity contribution in [2.75, 3.05) is 0 Å². The lowest BCUT2D eigenvalue weighted by molar-refractivity contribution is 1.16. The third-order valence-corrected chi connectivity index (χ3v) is 1.87. The Bertz CT molecular complexity index is 395. The minimum atomic E-state index is 0.761. The van der Waals surface area contributed by atoms with Crippen LogP contribution in [0.3, 0.4) is 0 Å². The molecule has 3 nitrogen and oxygen atoms in total. The van der Waals surface area contributed by atoms with E-state index in [1.165, 1.54) is 0 Å². The molecular formula is C9H12BrN3. The number of H-pyrrole nitrogens is 1. The van der Waals surface area contributed by atoms with Crippen molar-refractivity contribution in [3.05, 3.63) is 22.6 Å². The minimum absolute atomic E-state index is 0.761. The van der Waals surface area contributed by atoms with Crippen LogP contribution in [0, 0.1) is 6.92 Å². The molecule has 0 aliphatic heterocycles. The average Bonchev–Trinajstić information content (AvgIpc) is 2.48. The summed E-state index contributed by atoms with van der Waals surface area (Å²) in [4.78, 5) is 11.4. The van der Waals surface area contributed by atoms with Crippen LogP contribution in [-0.2, 0) is 0 Å². The van der Waals surface area contributed by atoms with Crippen molar-refractivity contribution in [3.8, 4) is 0 Å². The highest BCUT2D eigenvalue weighted by Gasteiger charge is 1.99. The summed E-state index contributed by atoms with van der Waals surface area (Å²) in [6.07, 6.45) is 0. The van der Waals surface area contributed by atoms with Crippen molar-refractivity contribution in [2.45, 2.75) is 20.8 Å². The fourth-order valence-electron chi connectivity index (χ4n) is 0.990. The number of nitrogens with zero attached hydrogens (tertiary/aromatic N) is 2. The molecule has 0 aliphatic carbocycles. The molecule has 0 unspecified atom stereocenters. The molecular weight excluding hydrogens is 230 g/mol. The second-order valence-electron chi connectivity index (χ2n) is 2.33. The van der Waals surface area contributed by atoms with E-state index in [1.807, 2.05) is 32.9 Å². The van der Waals surface area contributed by atoms with E-state index >= 15 is 0 Å². The van der Waals surface area contributed by atoms with Gasteiger partial charge in [-0.2, -0.15) is 0 Å². The van der Waals surface area contributed by atoms with Gasteiger partial charge in [-0.3, -0.25) is 0 Å². The Labute approximate surface area is 85.7 Å².